The van der Waals surface area contributed by atoms with Gasteiger partial charge in [-0.2, -0.15) is 5.26 Å². The lowest BCUT2D eigenvalue weighted by molar-refractivity contribution is 0.0345. The lowest BCUT2D eigenvalue weighted by Gasteiger charge is -2.38. The first-order chi connectivity index (χ1) is 8.98. The van der Waals surface area contributed by atoms with Gasteiger partial charge in [0, 0.05) is 32.7 Å². The monoisotopic (exact) mass is 260 g/mol. The topological polar surface area (TPSA) is 63.4 Å². The van der Waals surface area contributed by atoms with Gasteiger partial charge in [0.05, 0.1) is 17.5 Å². The highest BCUT2D eigenvalue weighted by molar-refractivity contribution is 5.46. The number of hydrogen-bond acceptors (Lipinski definition) is 5. The van der Waals surface area contributed by atoms with Crippen molar-refractivity contribution in [2.75, 3.05) is 37.6 Å². The van der Waals surface area contributed by atoms with Crippen LogP contribution in [-0.4, -0.2) is 53.3 Å². The molecule has 0 amide bonds. The first-order valence-electron chi connectivity index (χ1n) is 6.54. The van der Waals surface area contributed by atoms with Crippen LogP contribution in [0.25, 0.3) is 0 Å². The van der Waals surface area contributed by atoms with Crippen molar-refractivity contribution in [1.82, 2.24) is 9.88 Å². The maximum atomic E-state index is 9.81. The second-order valence-corrected chi connectivity index (χ2v) is 5.59. The first-order valence-corrected chi connectivity index (χ1v) is 6.54. The summed E-state index contributed by atoms with van der Waals surface area (Å²) in [5.74, 6) is 0. The second-order valence-electron chi connectivity index (χ2n) is 5.59. The van der Waals surface area contributed by atoms with Gasteiger partial charge in [0.1, 0.15) is 11.8 Å². The van der Waals surface area contributed by atoms with E-state index in [-0.39, 0.29) is 0 Å². The van der Waals surface area contributed by atoms with Crippen LogP contribution in [0.1, 0.15) is 19.5 Å². The Hall–Kier alpha value is -1.64. The van der Waals surface area contributed by atoms with Gasteiger partial charge in [-0.25, -0.2) is 4.98 Å². The van der Waals surface area contributed by atoms with Crippen LogP contribution in [0.2, 0.25) is 0 Å². The second kappa shape index (κ2) is 5.55. The summed E-state index contributed by atoms with van der Waals surface area (Å²) >= 11 is 0. The molecule has 0 radical (unpaired) electrons. The molecule has 1 aliphatic heterocycles. The molecule has 0 bridgehead atoms. The summed E-state index contributed by atoms with van der Waals surface area (Å²) in [6.45, 7) is 8.08. The number of aliphatic hydroxyl groups is 1. The van der Waals surface area contributed by atoms with Crippen molar-refractivity contribution in [2.24, 2.45) is 0 Å². The van der Waals surface area contributed by atoms with Gasteiger partial charge >= 0.3 is 0 Å². The molecule has 5 nitrogen and oxygen atoms in total. The van der Waals surface area contributed by atoms with Crippen molar-refractivity contribution in [3.05, 3.63) is 24.0 Å². The van der Waals surface area contributed by atoms with Gasteiger partial charge in [-0.05, 0) is 26.0 Å². The van der Waals surface area contributed by atoms with E-state index in [0.717, 1.165) is 31.9 Å². The predicted octanol–water partition coefficient (Wildman–Crippen LogP) is 0.846. The third-order valence-corrected chi connectivity index (χ3v) is 3.21. The highest BCUT2D eigenvalue weighted by atomic mass is 16.3. The van der Waals surface area contributed by atoms with Crippen LogP contribution < -0.4 is 4.90 Å². The zero-order valence-electron chi connectivity index (χ0n) is 11.5. The summed E-state index contributed by atoms with van der Waals surface area (Å²) in [4.78, 5) is 8.62. The van der Waals surface area contributed by atoms with E-state index in [1.165, 1.54) is 0 Å². The molecule has 1 fully saturated rings. The molecule has 0 unspecified atom stereocenters. The largest absolute Gasteiger partial charge is 0.389 e. The molecular weight excluding hydrogens is 240 g/mol. The average Bonchev–Trinajstić information content (AvgIpc) is 2.38. The smallest absolute Gasteiger partial charge is 0.140 e. The Bertz CT molecular complexity index is 450. The Balaban J connectivity index is 1.91. The van der Waals surface area contributed by atoms with Gasteiger partial charge in [-0.1, -0.05) is 0 Å². The van der Waals surface area contributed by atoms with Crippen molar-refractivity contribution in [3.8, 4) is 6.07 Å². The Morgan fingerprint density at radius 2 is 2.00 bits per heavy atom. The molecule has 2 heterocycles. The maximum Gasteiger partial charge on any atom is 0.140 e. The molecule has 1 saturated heterocycles. The summed E-state index contributed by atoms with van der Waals surface area (Å²) in [7, 11) is 0. The molecule has 0 spiro atoms. The van der Waals surface area contributed by atoms with Gasteiger partial charge in [-0.3, -0.25) is 4.90 Å². The van der Waals surface area contributed by atoms with Crippen molar-refractivity contribution in [1.29, 1.82) is 5.26 Å². The standard InChI is InChI=1S/C14H20N4O/c1-14(2,19)11-17-5-7-18(8-6-17)13-4-3-12(9-15)16-10-13/h3-4,10,19H,5-8,11H2,1-2H3. The predicted molar refractivity (Wildman–Crippen MR) is 73.9 cm³/mol. The van der Waals surface area contributed by atoms with Crippen molar-refractivity contribution < 1.29 is 5.11 Å². The highest BCUT2D eigenvalue weighted by Crippen LogP contribution is 2.16. The number of hydrogen-bond donors (Lipinski definition) is 1. The van der Waals surface area contributed by atoms with E-state index >= 15 is 0 Å². The molecule has 0 aromatic carbocycles. The number of β-amino-alcohol motifs (C(OH)–C–C–N with tert-alkyl or cyclic N) is 1. The molecular formula is C14H20N4O. The number of nitriles is 1. The molecule has 1 aromatic rings. The van der Waals surface area contributed by atoms with E-state index in [0.29, 0.717) is 12.2 Å². The maximum absolute atomic E-state index is 9.81. The summed E-state index contributed by atoms with van der Waals surface area (Å²) in [6, 6.07) is 5.71. The molecule has 5 heteroatoms. The normalized spacial score (nSPS) is 17.3. The number of aromatic nitrogens is 1. The Morgan fingerprint density at radius 1 is 1.32 bits per heavy atom. The number of anilines is 1. The lowest BCUT2D eigenvalue weighted by Crippen LogP contribution is -2.50. The molecule has 1 N–H and O–H groups in total. The van der Waals surface area contributed by atoms with E-state index in [4.69, 9.17) is 5.26 Å². The minimum atomic E-state index is -0.641. The summed E-state index contributed by atoms with van der Waals surface area (Å²) in [5.41, 5.74) is 0.865. The number of nitrogens with zero attached hydrogens (tertiary/aromatic N) is 4. The fourth-order valence-electron chi connectivity index (χ4n) is 2.35. The quantitative estimate of drug-likeness (QED) is 0.872. The van der Waals surface area contributed by atoms with E-state index in [1.54, 1.807) is 12.3 Å². The third-order valence-electron chi connectivity index (χ3n) is 3.21. The van der Waals surface area contributed by atoms with Gasteiger partial charge in [0.2, 0.25) is 0 Å². The number of piperazine rings is 1. The van der Waals surface area contributed by atoms with Crippen LogP contribution in [0, 0.1) is 11.3 Å². The summed E-state index contributed by atoms with van der Waals surface area (Å²) in [5, 5.41) is 18.5. The van der Waals surface area contributed by atoms with Crippen LogP contribution in [0.15, 0.2) is 18.3 Å². The van der Waals surface area contributed by atoms with Crippen molar-refractivity contribution in [3.63, 3.8) is 0 Å². The van der Waals surface area contributed by atoms with Gasteiger partial charge in [0.25, 0.3) is 0 Å². The molecule has 0 saturated carbocycles. The van der Waals surface area contributed by atoms with Crippen molar-refractivity contribution >= 4 is 5.69 Å². The van der Waals surface area contributed by atoms with Crippen LogP contribution in [0.5, 0.6) is 0 Å². The minimum Gasteiger partial charge on any atom is -0.389 e. The lowest BCUT2D eigenvalue weighted by atomic mass is 10.1. The fourth-order valence-corrected chi connectivity index (χ4v) is 2.35. The van der Waals surface area contributed by atoms with E-state index in [9.17, 15) is 5.11 Å². The Kier molecular flexibility index (Phi) is 4.03. The first kappa shape index (κ1) is 13.8. The molecule has 2 rings (SSSR count). The molecule has 19 heavy (non-hydrogen) atoms. The van der Waals surface area contributed by atoms with Gasteiger partial charge in [-0.15, -0.1) is 0 Å². The molecule has 102 valence electrons. The van der Waals surface area contributed by atoms with Crippen LogP contribution in [0.3, 0.4) is 0 Å². The number of pyridine rings is 1. The Morgan fingerprint density at radius 3 is 2.47 bits per heavy atom. The minimum absolute atomic E-state index is 0.449. The third kappa shape index (κ3) is 3.91. The zero-order chi connectivity index (χ0) is 13.9. The van der Waals surface area contributed by atoms with Crippen LogP contribution in [0.4, 0.5) is 5.69 Å². The molecule has 1 aromatic heterocycles. The summed E-state index contributed by atoms with van der Waals surface area (Å²) < 4.78 is 0. The van der Waals surface area contributed by atoms with Gasteiger partial charge < -0.3 is 10.0 Å². The van der Waals surface area contributed by atoms with Gasteiger partial charge in [0.15, 0.2) is 0 Å². The number of rotatable bonds is 3. The molecule has 0 aliphatic carbocycles. The van der Waals surface area contributed by atoms with E-state index in [2.05, 4.69) is 14.8 Å². The highest BCUT2D eigenvalue weighted by Gasteiger charge is 2.22. The fraction of sp³-hybridized carbons (Fsp3) is 0.571. The molecule has 1 aliphatic rings. The Labute approximate surface area is 114 Å². The zero-order valence-corrected chi connectivity index (χ0v) is 11.5. The van der Waals surface area contributed by atoms with E-state index in [1.807, 2.05) is 26.0 Å². The molecule has 0 atom stereocenters. The van der Waals surface area contributed by atoms with Crippen LogP contribution >= 0.6 is 0 Å². The van der Waals surface area contributed by atoms with Crippen LogP contribution in [-0.2, 0) is 0 Å². The van der Waals surface area contributed by atoms with E-state index < -0.39 is 5.60 Å². The SMILES string of the molecule is CC(C)(O)CN1CCN(c2ccc(C#N)nc2)CC1. The summed E-state index contributed by atoms with van der Waals surface area (Å²) in [6.07, 6.45) is 1.75. The average molecular weight is 260 g/mol. The van der Waals surface area contributed by atoms with Crippen molar-refractivity contribution in [2.45, 2.75) is 19.4 Å².